The highest BCUT2D eigenvalue weighted by Gasteiger charge is 2.16. The Morgan fingerprint density at radius 2 is 1.84 bits per heavy atom. The molecule has 164 valence electrons. The Morgan fingerprint density at radius 1 is 1.03 bits per heavy atom. The van der Waals surface area contributed by atoms with E-state index in [9.17, 15) is 14.7 Å². The Bertz CT molecular complexity index is 1130. The van der Waals surface area contributed by atoms with E-state index in [1.54, 1.807) is 42.7 Å². The van der Waals surface area contributed by atoms with Crippen LogP contribution in [0.1, 0.15) is 21.5 Å². The van der Waals surface area contributed by atoms with E-state index in [1.165, 1.54) is 32.4 Å². The van der Waals surface area contributed by atoms with Crippen LogP contribution in [0.25, 0.3) is 6.08 Å². The van der Waals surface area contributed by atoms with Crippen LogP contribution < -0.4 is 19.5 Å². The van der Waals surface area contributed by atoms with Crippen molar-refractivity contribution in [2.45, 2.75) is 6.61 Å². The number of carboxylic acid groups (broad SMARTS) is 1. The summed E-state index contributed by atoms with van der Waals surface area (Å²) in [5.41, 5.74) is 1.64. The third kappa shape index (κ3) is 5.42. The van der Waals surface area contributed by atoms with Crippen molar-refractivity contribution in [2.75, 3.05) is 19.5 Å². The minimum atomic E-state index is -1.13. The number of aromatic carboxylic acids is 1. The molecule has 8 nitrogen and oxygen atoms in total. The van der Waals surface area contributed by atoms with Gasteiger partial charge in [0.05, 0.1) is 25.5 Å². The summed E-state index contributed by atoms with van der Waals surface area (Å²) in [6.07, 6.45) is 6.20. The monoisotopic (exact) mass is 434 g/mol. The topological polar surface area (TPSA) is 107 Å². The second kappa shape index (κ2) is 10.6. The second-order valence-corrected chi connectivity index (χ2v) is 6.54. The highest BCUT2D eigenvalue weighted by atomic mass is 16.5. The van der Waals surface area contributed by atoms with Crippen LogP contribution in [0.4, 0.5) is 5.69 Å². The maximum Gasteiger partial charge on any atom is 0.337 e. The van der Waals surface area contributed by atoms with E-state index in [0.29, 0.717) is 22.8 Å². The highest BCUT2D eigenvalue weighted by Crippen LogP contribution is 2.41. The normalized spacial score (nSPS) is 10.6. The number of carbonyl (C=O) groups excluding carboxylic acids is 1. The first kappa shape index (κ1) is 22.4. The molecule has 2 aromatic carbocycles. The van der Waals surface area contributed by atoms with Crippen molar-refractivity contribution in [3.8, 4) is 17.2 Å². The molecule has 0 saturated heterocycles. The fraction of sp³-hybridized carbons (Fsp3) is 0.125. The minimum absolute atomic E-state index is 0.000796. The van der Waals surface area contributed by atoms with E-state index in [1.807, 2.05) is 12.1 Å². The zero-order valence-electron chi connectivity index (χ0n) is 17.6. The van der Waals surface area contributed by atoms with E-state index in [0.717, 1.165) is 5.56 Å². The first-order chi connectivity index (χ1) is 15.5. The fourth-order valence-electron chi connectivity index (χ4n) is 2.95. The Kier molecular flexibility index (Phi) is 7.42. The molecule has 0 aliphatic heterocycles. The van der Waals surface area contributed by atoms with Gasteiger partial charge < -0.3 is 24.6 Å². The predicted octanol–water partition coefficient (Wildman–Crippen LogP) is 4.03. The van der Waals surface area contributed by atoms with Gasteiger partial charge in [0, 0.05) is 29.6 Å². The predicted molar refractivity (Wildman–Crippen MR) is 119 cm³/mol. The number of benzene rings is 2. The standard InChI is InChI=1S/C24H22N2O6/c1-30-20-11-9-17(22(23(20)31-2)32-15-16-6-5-13-25-14-16)10-12-21(27)26-19-8-4-3-7-18(19)24(28)29/h3-14H,15H2,1-2H3,(H,26,27)(H,28,29). The molecule has 0 bridgehead atoms. The lowest BCUT2D eigenvalue weighted by molar-refractivity contribution is -0.111. The third-order valence-corrected chi connectivity index (χ3v) is 4.47. The largest absolute Gasteiger partial charge is 0.493 e. The fourth-order valence-corrected chi connectivity index (χ4v) is 2.95. The van der Waals surface area contributed by atoms with E-state index < -0.39 is 11.9 Å². The number of rotatable bonds is 9. The van der Waals surface area contributed by atoms with Crippen LogP contribution in [-0.4, -0.2) is 36.2 Å². The number of anilines is 1. The SMILES string of the molecule is COc1ccc(C=CC(=O)Nc2ccccc2C(=O)O)c(OCc2cccnc2)c1OC. The van der Waals surface area contributed by atoms with Gasteiger partial charge in [0.2, 0.25) is 11.7 Å². The lowest BCUT2D eigenvalue weighted by Gasteiger charge is -2.16. The zero-order chi connectivity index (χ0) is 22.9. The number of ether oxygens (including phenoxy) is 3. The first-order valence-electron chi connectivity index (χ1n) is 9.61. The molecule has 0 atom stereocenters. The minimum Gasteiger partial charge on any atom is -0.493 e. The summed E-state index contributed by atoms with van der Waals surface area (Å²) in [7, 11) is 3.02. The number of hydrogen-bond donors (Lipinski definition) is 2. The maximum absolute atomic E-state index is 12.4. The quantitative estimate of drug-likeness (QED) is 0.490. The van der Waals surface area contributed by atoms with Crippen LogP contribution in [0, 0.1) is 0 Å². The van der Waals surface area contributed by atoms with E-state index in [-0.39, 0.29) is 17.9 Å². The van der Waals surface area contributed by atoms with E-state index in [2.05, 4.69) is 10.3 Å². The van der Waals surface area contributed by atoms with E-state index >= 15 is 0 Å². The lowest BCUT2D eigenvalue weighted by Crippen LogP contribution is -2.11. The molecular weight excluding hydrogens is 412 g/mol. The maximum atomic E-state index is 12.4. The Balaban J connectivity index is 1.85. The molecule has 32 heavy (non-hydrogen) atoms. The Hall–Kier alpha value is -4.33. The molecule has 1 amide bonds. The van der Waals surface area contributed by atoms with Crippen molar-refractivity contribution in [3.05, 3.63) is 83.7 Å². The number of para-hydroxylation sites is 1. The molecule has 1 aromatic heterocycles. The van der Waals surface area contributed by atoms with E-state index in [4.69, 9.17) is 14.2 Å². The molecule has 8 heteroatoms. The molecule has 0 radical (unpaired) electrons. The number of carbonyl (C=O) groups is 2. The van der Waals surface area contributed by atoms with Gasteiger partial charge in [0.15, 0.2) is 11.5 Å². The molecule has 0 fully saturated rings. The summed E-state index contributed by atoms with van der Waals surface area (Å²) in [6, 6.07) is 13.3. The number of amides is 1. The van der Waals surface area contributed by atoms with Gasteiger partial charge in [-0.3, -0.25) is 9.78 Å². The number of nitrogens with zero attached hydrogens (tertiary/aromatic N) is 1. The van der Waals surface area contributed by atoms with Crippen LogP contribution in [0.2, 0.25) is 0 Å². The molecule has 1 heterocycles. The number of hydrogen-bond acceptors (Lipinski definition) is 6. The van der Waals surface area contributed by atoms with Crippen LogP contribution in [0.5, 0.6) is 17.2 Å². The Morgan fingerprint density at radius 3 is 2.53 bits per heavy atom. The van der Waals surface area contributed by atoms with Gasteiger partial charge >= 0.3 is 5.97 Å². The number of pyridine rings is 1. The van der Waals surface area contributed by atoms with Crippen LogP contribution in [0.15, 0.2) is 67.0 Å². The smallest absolute Gasteiger partial charge is 0.337 e. The van der Waals surface area contributed by atoms with Crippen LogP contribution in [-0.2, 0) is 11.4 Å². The first-order valence-corrected chi connectivity index (χ1v) is 9.61. The molecule has 3 rings (SSSR count). The van der Waals surface area contributed by atoms with Crippen molar-refractivity contribution in [2.24, 2.45) is 0 Å². The summed E-state index contributed by atoms with van der Waals surface area (Å²) >= 11 is 0. The van der Waals surface area contributed by atoms with Crippen molar-refractivity contribution < 1.29 is 28.9 Å². The summed E-state index contributed by atoms with van der Waals surface area (Å²) in [6.45, 7) is 0.233. The number of aromatic nitrogens is 1. The molecule has 0 aliphatic carbocycles. The van der Waals surface area contributed by atoms with Gasteiger partial charge in [-0.2, -0.15) is 0 Å². The number of carboxylic acids is 1. The number of nitrogens with one attached hydrogen (secondary N) is 1. The number of methoxy groups -OCH3 is 2. The van der Waals surface area contributed by atoms with Gasteiger partial charge in [-0.1, -0.05) is 18.2 Å². The second-order valence-electron chi connectivity index (χ2n) is 6.54. The summed E-state index contributed by atoms with van der Waals surface area (Å²) in [4.78, 5) is 27.8. The molecule has 0 saturated carbocycles. The third-order valence-electron chi connectivity index (χ3n) is 4.47. The van der Waals surface area contributed by atoms with Crippen molar-refractivity contribution >= 4 is 23.6 Å². The molecule has 2 N–H and O–H groups in total. The van der Waals surface area contributed by atoms with Gasteiger partial charge in [-0.15, -0.1) is 0 Å². The molecule has 0 unspecified atom stereocenters. The highest BCUT2D eigenvalue weighted by molar-refractivity contribution is 6.06. The average molecular weight is 434 g/mol. The van der Waals surface area contributed by atoms with Gasteiger partial charge in [-0.05, 0) is 36.4 Å². The van der Waals surface area contributed by atoms with Crippen molar-refractivity contribution in [3.63, 3.8) is 0 Å². The molecule has 3 aromatic rings. The van der Waals surface area contributed by atoms with Crippen LogP contribution in [0.3, 0.4) is 0 Å². The summed E-state index contributed by atoms with van der Waals surface area (Å²) in [5, 5.41) is 11.8. The van der Waals surface area contributed by atoms with Gasteiger partial charge in [0.1, 0.15) is 6.61 Å². The summed E-state index contributed by atoms with van der Waals surface area (Å²) < 4.78 is 16.8. The molecular formula is C24H22N2O6. The average Bonchev–Trinajstić information content (AvgIpc) is 2.81. The van der Waals surface area contributed by atoms with Gasteiger partial charge in [0.25, 0.3) is 0 Å². The summed E-state index contributed by atoms with van der Waals surface area (Å²) in [5.74, 6) is -0.367. The van der Waals surface area contributed by atoms with Crippen molar-refractivity contribution in [1.29, 1.82) is 0 Å². The Labute approximate surface area is 185 Å². The molecule has 0 spiro atoms. The van der Waals surface area contributed by atoms with Gasteiger partial charge in [-0.25, -0.2) is 4.79 Å². The van der Waals surface area contributed by atoms with Crippen molar-refractivity contribution in [1.82, 2.24) is 4.98 Å². The zero-order valence-corrected chi connectivity index (χ0v) is 17.6. The van der Waals surface area contributed by atoms with Crippen LogP contribution >= 0.6 is 0 Å². The molecule has 0 aliphatic rings. The lowest BCUT2D eigenvalue weighted by atomic mass is 10.1.